The molecular weight excluding hydrogens is 440 g/mol. The van der Waals surface area contributed by atoms with Crippen molar-refractivity contribution in [2.24, 2.45) is 0 Å². The lowest BCUT2D eigenvalue weighted by Gasteiger charge is -2.17. The maximum atomic E-state index is 5.71. The van der Waals surface area contributed by atoms with Gasteiger partial charge in [0.15, 0.2) is 5.79 Å². The summed E-state index contributed by atoms with van der Waals surface area (Å²) in [4.78, 5) is 8.11. The predicted molar refractivity (Wildman–Crippen MR) is 96.4 cm³/mol. The zero-order chi connectivity index (χ0) is 17.2. The Kier molecular flexibility index (Phi) is 5.66. The molecule has 0 bridgehead atoms. The van der Waals surface area contributed by atoms with Crippen LogP contribution in [0.15, 0.2) is 45.9 Å². The molecule has 4 heterocycles. The van der Waals surface area contributed by atoms with E-state index in [2.05, 4.69) is 41.8 Å². The molecule has 24 heavy (non-hydrogen) atoms. The third-order valence-corrected chi connectivity index (χ3v) is 4.40. The highest BCUT2D eigenvalue weighted by molar-refractivity contribution is 9.10. The van der Waals surface area contributed by atoms with Crippen LogP contribution in [0.5, 0.6) is 0 Å². The topological polar surface area (TPSA) is 56.8 Å². The molecule has 2 fully saturated rings. The van der Waals surface area contributed by atoms with E-state index in [-0.39, 0.29) is 6.10 Å². The fourth-order valence-corrected chi connectivity index (χ4v) is 3.07. The minimum Gasteiger partial charge on any atom is -0.368 e. The van der Waals surface area contributed by atoms with Crippen molar-refractivity contribution in [3.8, 4) is 0 Å². The number of nitrogens with zero attached hydrogens (tertiary/aromatic N) is 2. The number of rotatable bonds is 2. The zero-order valence-electron chi connectivity index (χ0n) is 13.4. The van der Waals surface area contributed by atoms with Gasteiger partial charge in [-0.1, -0.05) is 0 Å². The molecule has 0 N–H and O–H groups in total. The number of hydrogen-bond acceptors (Lipinski definition) is 5. The van der Waals surface area contributed by atoms with Crippen LogP contribution < -0.4 is 0 Å². The van der Waals surface area contributed by atoms with Crippen molar-refractivity contribution < 1.29 is 14.2 Å². The molecule has 0 radical (unpaired) electrons. The fraction of sp³-hybridized carbons (Fsp3) is 0.412. The molecule has 0 aliphatic carbocycles. The van der Waals surface area contributed by atoms with E-state index in [1.54, 1.807) is 18.6 Å². The Hall–Kier alpha value is -0.860. The second-order valence-electron chi connectivity index (χ2n) is 6.01. The van der Waals surface area contributed by atoms with E-state index in [1.165, 1.54) is 0 Å². The average Bonchev–Trinajstić information content (AvgIpc) is 3.32. The van der Waals surface area contributed by atoms with Crippen LogP contribution in [0.1, 0.15) is 37.2 Å². The first-order chi connectivity index (χ1) is 11.4. The highest BCUT2D eigenvalue weighted by Gasteiger charge is 2.33. The molecule has 2 aromatic heterocycles. The van der Waals surface area contributed by atoms with E-state index in [0.717, 1.165) is 26.7 Å². The zero-order valence-corrected chi connectivity index (χ0v) is 16.6. The van der Waals surface area contributed by atoms with Gasteiger partial charge in [0, 0.05) is 44.9 Å². The van der Waals surface area contributed by atoms with Crippen LogP contribution in [-0.4, -0.2) is 29.0 Å². The van der Waals surface area contributed by atoms with Crippen molar-refractivity contribution in [3.63, 3.8) is 0 Å². The van der Waals surface area contributed by atoms with Crippen LogP contribution in [-0.2, 0) is 14.2 Å². The first-order valence-electron chi connectivity index (χ1n) is 7.57. The van der Waals surface area contributed by atoms with Gasteiger partial charge in [-0.15, -0.1) is 0 Å². The Morgan fingerprint density at radius 3 is 1.88 bits per heavy atom. The normalized spacial score (nSPS) is 24.2. The second-order valence-corrected chi connectivity index (χ2v) is 7.84. The maximum Gasteiger partial charge on any atom is 0.163 e. The quantitative estimate of drug-likeness (QED) is 0.617. The lowest BCUT2D eigenvalue weighted by molar-refractivity contribution is -0.139. The van der Waals surface area contributed by atoms with Gasteiger partial charge in [0.1, 0.15) is 12.2 Å². The summed E-state index contributed by atoms with van der Waals surface area (Å²) in [5.41, 5.74) is 2.21. The highest BCUT2D eigenvalue weighted by Crippen LogP contribution is 2.33. The molecule has 2 atom stereocenters. The first-order valence-corrected chi connectivity index (χ1v) is 9.16. The summed E-state index contributed by atoms with van der Waals surface area (Å²) in [7, 11) is 0. The van der Waals surface area contributed by atoms with Gasteiger partial charge >= 0.3 is 0 Å². The highest BCUT2D eigenvalue weighted by atomic mass is 79.9. The summed E-state index contributed by atoms with van der Waals surface area (Å²) in [6, 6.07) is 4.03. The van der Waals surface area contributed by atoms with Crippen molar-refractivity contribution in [2.45, 2.75) is 31.8 Å². The number of pyridine rings is 2. The van der Waals surface area contributed by atoms with Gasteiger partial charge in [-0.2, -0.15) is 0 Å². The fourth-order valence-electron chi connectivity index (χ4n) is 2.30. The summed E-state index contributed by atoms with van der Waals surface area (Å²) >= 11 is 6.72. The minimum absolute atomic E-state index is 0.00463. The van der Waals surface area contributed by atoms with Crippen LogP contribution in [0.4, 0.5) is 0 Å². The Morgan fingerprint density at radius 2 is 1.46 bits per heavy atom. The number of halogens is 2. The van der Waals surface area contributed by atoms with Gasteiger partial charge in [0.25, 0.3) is 0 Å². The molecule has 2 aromatic rings. The summed E-state index contributed by atoms with van der Waals surface area (Å²) in [6.07, 6.45) is 7.47. The smallest absolute Gasteiger partial charge is 0.163 e. The average molecular weight is 458 g/mol. The number of epoxide rings is 1. The molecule has 2 saturated heterocycles. The monoisotopic (exact) mass is 456 g/mol. The van der Waals surface area contributed by atoms with Gasteiger partial charge < -0.3 is 14.2 Å². The molecule has 0 aromatic carbocycles. The van der Waals surface area contributed by atoms with E-state index in [0.29, 0.717) is 12.7 Å². The number of hydrogen-bond donors (Lipinski definition) is 0. The standard InChI is InChI=1S/C10H12BrNO2.C7H6BrNO/c1-10(2)13-6-9(14-10)7-3-8(11)5-12-4-7;8-6-1-5(2-9-3-6)7-4-10-7/h3-5,9H,6H2,1-2H3;1-3,7H,4H2. The van der Waals surface area contributed by atoms with Gasteiger partial charge in [-0.25, -0.2) is 0 Å². The summed E-state index contributed by atoms with van der Waals surface area (Å²) in [5.74, 6) is -0.479. The molecule has 2 unspecified atom stereocenters. The third-order valence-electron chi connectivity index (χ3n) is 3.54. The van der Waals surface area contributed by atoms with Gasteiger partial charge in [0.2, 0.25) is 0 Å². The number of aromatic nitrogens is 2. The third kappa shape index (κ3) is 5.07. The van der Waals surface area contributed by atoms with E-state index < -0.39 is 5.79 Å². The molecule has 2 aliphatic heterocycles. The van der Waals surface area contributed by atoms with Crippen molar-refractivity contribution in [1.82, 2.24) is 9.97 Å². The molecule has 7 heteroatoms. The Morgan fingerprint density at radius 1 is 0.917 bits per heavy atom. The lowest BCUT2D eigenvalue weighted by atomic mass is 10.2. The molecule has 5 nitrogen and oxygen atoms in total. The summed E-state index contributed by atoms with van der Waals surface area (Å²) in [6.45, 7) is 5.26. The summed E-state index contributed by atoms with van der Waals surface area (Å²) < 4.78 is 18.3. The maximum absolute atomic E-state index is 5.71. The molecule has 0 saturated carbocycles. The van der Waals surface area contributed by atoms with Gasteiger partial charge in [0.05, 0.1) is 13.2 Å². The van der Waals surface area contributed by atoms with Crippen LogP contribution in [0.2, 0.25) is 0 Å². The molecule has 128 valence electrons. The van der Waals surface area contributed by atoms with Gasteiger partial charge in [-0.05, 0) is 57.8 Å². The van der Waals surface area contributed by atoms with E-state index >= 15 is 0 Å². The first kappa shape index (κ1) is 17.9. The summed E-state index contributed by atoms with van der Waals surface area (Å²) in [5, 5.41) is 0. The molecule has 0 spiro atoms. The van der Waals surface area contributed by atoms with Crippen LogP contribution in [0, 0.1) is 0 Å². The van der Waals surface area contributed by atoms with E-state index in [1.807, 2.05) is 32.2 Å². The predicted octanol–water partition coefficient (Wildman–Crippen LogP) is 4.58. The van der Waals surface area contributed by atoms with E-state index in [9.17, 15) is 0 Å². The number of ether oxygens (including phenoxy) is 3. The van der Waals surface area contributed by atoms with Crippen molar-refractivity contribution >= 4 is 31.9 Å². The van der Waals surface area contributed by atoms with Crippen molar-refractivity contribution in [2.75, 3.05) is 13.2 Å². The molecular formula is C17H18Br2N2O3. The largest absolute Gasteiger partial charge is 0.368 e. The minimum atomic E-state index is -0.479. The second kappa shape index (κ2) is 7.58. The SMILES string of the molecule is Brc1cncc(C2CO2)c1.CC1(C)OCC(c2cncc(Br)c2)O1. The van der Waals surface area contributed by atoms with Crippen LogP contribution >= 0.6 is 31.9 Å². The molecule has 2 aliphatic rings. The lowest BCUT2D eigenvalue weighted by Crippen LogP contribution is -2.19. The van der Waals surface area contributed by atoms with Crippen LogP contribution in [0.25, 0.3) is 0 Å². The Balaban J connectivity index is 0.000000149. The van der Waals surface area contributed by atoms with E-state index in [4.69, 9.17) is 14.2 Å². The Bertz CT molecular complexity index is 708. The Labute approximate surface area is 158 Å². The van der Waals surface area contributed by atoms with Crippen LogP contribution in [0.3, 0.4) is 0 Å². The molecule has 4 rings (SSSR count). The van der Waals surface area contributed by atoms with Crippen molar-refractivity contribution in [3.05, 3.63) is 57.0 Å². The molecule has 0 amide bonds. The van der Waals surface area contributed by atoms with Gasteiger partial charge in [-0.3, -0.25) is 9.97 Å². The van der Waals surface area contributed by atoms with Crippen molar-refractivity contribution in [1.29, 1.82) is 0 Å².